The number of rotatable bonds is 1. The molecule has 3 heteroatoms. The lowest BCUT2D eigenvalue weighted by atomic mass is 9.90. The number of hydrogen-bond donors (Lipinski definition) is 1. The lowest BCUT2D eigenvalue weighted by Crippen LogP contribution is -2.12. The number of ether oxygens (including phenoxy) is 1. The molecule has 0 bridgehead atoms. The number of nitrogens with zero attached hydrogens (tertiary/aromatic N) is 1. The third-order valence-corrected chi connectivity index (χ3v) is 2.48. The molecule has 3 nitrogen and oxygen atoms in total. The van der Waals surface area contributed by atoms with Gasteiger partial charge in [0.25, 0.3) is 0 Å². The number of benzene rings is 1. The first-order valence-electron chi connectivity index (χ1n) is 5.05. The Morgan fingerprint density at radius 1 is 1.27 bits per heavy atom. The molecule has 0 unspecified atom stereocenters. The predicted molar refractivity (Wildman–Crippen MR) is 61.3 cm³/mol. The fourth-order valence-electron chi connectivity index (χ4n) is 1.75. The van der Waals surface area contributed by atoms with Crippen molar-refractivity contribution in [2.24, 2.45) is 0 Å². The van der Waals surface area contributed by atoms with Gasteiger partial charge in [0.15, 0.2) is 0 Å². The summed E-state index contributed by atoms with van der Waals surface area (Å²) >= 11 is 0. The lowest BCUT2D eigenvalue weighted by Gasteiger charge is -2.16. The summed E-state index contributed by atoms with van der Waals surface area (Å²) in [5.74, 6) is 0.881. The van der Waals surface area contributed by atoms with Crippen molar-refractivity contribution in [3.05, 3.63) is 23.9 Å². The summed E-state index contributed by atoms with van der Waals surface area (Å²) in [7, 11) is 1.69. The van der Waals surface area contributed by atoms with Crippen LogP contribution in [0.5, 0.6) is 5.75 Å². The maximum Gasteiger partial charge on any atom is 0.130 e. The van der Waals surface area contributed by atoms with E-state index in [2.05, 4.69) is 31.0 Å². The van der Waals surface area contributed by atoms with Crippen LogP contribution in [0, 0.1) is 0 Å². The zero-order valence-electron chi connectivity index (χ0n) is 9.59. The molecule has 0 fully saturated rings. The average Bonchev–Trinajstić information content (AvgIpc) is 2.59. The Morgan fingerprint density at radius 2 is 2.00 bits per heavy atom. The molecule has 1 heterocycles. The normalized spacial score (nSPS) is 12.0. The molecule has 2 rings (SSSR count). The van der Waals surface area contributed by atoms with Gasteiger partial charge in [0.05, 0.1) is 23.7 Å². The van der Waals surface area contributed by atoms with Gasteiger partial charge >= 0.3 is 0 Å². The van der Waals surface area contributed by atoms with Crippen molar-refractivity contribution in [2.75, 3.05) is 7.11 Å². The minimum Gasteiger partial charge on any atom is -0.496 e. The zero-order valence-corrected chi connectivity index (χ0v) is 9.59. The van der Waals surface area contributed by atoms with E-state index < -0.39 is 0 Å². The van der Waals surface area contributed by atoms with Crippen LogP contribution in [0.15, 0.2) is 18.2 Å². The molecule has 1 aromatic heterocycles. The van der Waals surface area contributed by atoms with E-state index in [1.807, 2.05) is 18.2 Å². The maximum absolute atomic E-state index is 5.36. The number of hydrogen-bond acceptors (Lipinski definition) is 2. The number of methoxy groups -OCH3 is 1. The summed E-state index contributed by atoms with van der Waals surface area (Å²) in [6, 6.07) is 5.94. The van der Waals surface area contributed by atoms with E-state index in [9.17, 15) is 0 Å². The van der Waals surface area contributed by atoms with Crippen LogP contribution in [0.1, 0.15) is 26.5 Å². The first-order valence-corrected chi connectivity index (χ1v) is 5.05. The Balaban J connectivity index is 2.77. The van der Waals surface area contributed by atoms with Gasteiger partial charge in [-0.05, 0) is 12.1 Å². The molecule has 0 atom stereocenters. The molecule has 15 heavy (non-hydrogen) atoms. The van der Waals surface area contributed by atoms with Crippen LogP contribution < -0.4 is 4.74 Å². The van der Waals surface area contributed by atoms with Gasteiger partial charge < -0.3 is 4.74 Å². The Kier molecular flexibility index (Phi) is 2.18. The molecule has 0 spiro atoms. The van der Waals surface area contributed by atoms with Crippen molar-refractivity contribution in [1.82, 2.24) is 10.2 Å². The van der Waals surface area contributed by atoms with E-state index in [0.717, 1.165) is 22.3 Å². The van der Waals surface area contributed by atoms with Gasteiger partial charge in [-0.1, -0.05) is 26.8 Å². The second-order valence-corrected chi connectivity index (χ2v) is 4.71. The highest BCUT2D eigenvalue weighted by molar-refractivity contribution is 5.88. The van der Waals surface area contributed by atoms with Crippen molar-refractivity contribution < 1.29 is 4.74 Å². The molecule has 0 aliphatic rings. The van der Waals surface area contributed by atoms with Gasteiger partial charge in [-0.2, -0.15) is 5.10 Å². The zero-order chi connectivity index (χ0) is 11.1. The second kappa shape index (κ2) is 3.26. The van der Waals surface area contributed by atoms with Crippen LogP contribution in [0.25, 0.3) is 10.9 Å². The van der Waals surface area contributed by atoms with Crippen LogP contribution in [0.3, 0.4) is 0 Å². The molecule has 0 amide bonds. The van der Waals surface area contributed by atoms with E-state index in [1.165, 1.54) is 0 Å². The second-order valence-electron chi connectivity index (χ2n) is 4.71. The molecule has 1 N–H and O–H groups in total. The van der Waals surface area contributed by atoms with Crippen molar-refractivity contribution in [3.63, 3.8) is 0 Å². The fraction of sp³-hybridized carbons (Fsp3) is 0.417. The molecule has 0 radical (unpaired) electrons. The van der Waals surface area contributed by atoms with Crippen molar-refractivity contribution >= 4 is 10.9 Å². The Hall–Kier alpha value is -1.51. The molecule has 0 aliphatic heterocycles. The van der Waals surface area contributed by atoms with Gasteiger partial charge in [0, 0.05) is 5.41 Å². The molecule has 0 aliphatic carbocycles. The fourth-order valence-corrected chi connectivity index (χ4v) is 1.75. The molecular formula is C12H16N2O. The van der Waals surface area contributed by atoms with Crippen molar-refractivity contribution in [3.8, 4) is 5.75 Å². The first kappa shape index (κ1) is 10.0. The number of nitrogens with one attached hydrogen (secondary N) is 1. The monoisotopic (exact) mass is 204 g/mol. The predicted octanol–water partition coefficient (Wildman–Crippen LogP) is 2.87. The number of aromatic nitrogens is 2. The average molecular weight is 204 g/mol. The maximum atomic E-state index is 5.36. The van der Waals surface area contributed by atoms with Crippen LogP contribution in [-0.2, 0) is 5.41 Å². The third kappa shape index (κ3) is 1.58. The highest BCUT2D eigenvalue weighted by Gasteiger charge is 2.22. The van der Waals surface area contributed by atoms with Gasteiger partial charge in [-0.3, -0.25) is 5.10 Å². The summed E-state index contributed by atoms with van der Waals surface area (Å²) < 4.78 is 5.36. The summed E-state index contributed by atoms with van der Waals surface area (Å²) in [6.07, 6.45) is 0. The van der Waals surface area contributed by atoms with Crippen molar-refractivity contribution in [2.45, 2.75) is 26.2 Å². The van der Waals surface area contributed by atoms with Gasteiger partial charge in [-0.15, -0.1) is 0 Å². The minimum atomic E-state index is 0.0207. The third-order valence-electron chi connectivity index (χ3n) is 2.48. The van der Waals surface area contributed by atoms with E-state index in [4.69, 9.17) is 4.74 Å². The van der Waals surface area contributed by atoms with Gasteiger partial charge in [-0.25, -0.2) is 0 Å². The summed E-state index contributed by atoms with van der Waals surface area (Å²) in [5.41, 5.74) is 2.10. The Bertz CT molecular complexity index is 480. The highest BCUT2D eigenvalue weighted by atomic mass is 16.5. The standard InChI is InChI=1S/C12H16N2O/c1-12(2,3)11-10-8(13-14-11)6-5-7-9(10)15-4/h5-7H,1-4H3,(H,13,14). The summed E-state index contributed by atoms with van der Waals surface area (Å²) in [5, 5.41) is 8.50. The summed E-state index contributed by atoms with van der Waals surface area (Å²) in [4.78, 5) is 0. The van der Waals surface area contributed by atoms with Gasteiger partial charge in [0.1, 0.15) is 5.75 Å². The smallest absolute Gasteiger partial charge is 0.130 e. The Labute approximate surface area is 89.4 Å². The van der Waals surface area contributed by atoms with E-state index in [0.29, 0.717) is 0 Å². The van der Waals surface area contributed by atoms with Crippen LogP contribution in [0.4, 0.5) is 0 Å². The number of H-pyrrole nitrogens is 1. The number of aromatic amines is 1. The minimum absolute atomic E-state index is 0.0207. The van der Waals surface area contributed by atoms with Crippen molar-refractivity contribution in [1.29, 1.82) is 0 Å². The Morgan fingerprint density at radius 3 is 2.60 bits per heavy atom. The van der Waals surface area contributed by atoms with Crippen LogP contribution in [-0.4, -0.2) is 17.3 Å². The SMILES string of the molecule is COc1cccc2[nH]nc(C(C)(C)C)c12. The van der Waals surface area contributed by atoms with Gasteiger partial charge in [0.2, 0.25) is 0 Å². The van der Waals surface area contributed by atoms with E-state index in [1.54, 1.807) is 7.11 Å². The molecule has 2 aromatic rings. The molecular weight excluding hydrogens is 188 g/mol. The molecule has 0 saturated heterocycles. The highest BCUT2D eigenvalue weighted by Crippen LogP contribution is 2.33. The molecule has 80 valence electrons. The largest absolute Gasteiger partial charge is 0.496 e. The van der Waals surface area contributed by atoms with Crippen LogP contribution in [0.2, 0.25) is 0 Å². The summed E-state index contributed by atoms with van der Waals surface area (Å²) in [6.45, 7) is 6.44. The first-order chi connectivity index (χ1) is 7.04. The quantitative estimate of drug-likeness (QED) is 0.775. The van der Waals surface area contributed by atoms with Crippen LogP contribution >= 0.6 is 0 Å². The lowest BCUT2D eigenvalue weighted by molar-refractivity contribution is 0.418. The number of fused-ring (bicyclic) bond motifs is 1. The molecule has 1 aromatic carbocycles. The molecule has 0 saturated carbocycles. The van der Waals surface area contributed by atoms with E-state index >= 15 is 0 Å². The van der Waals surface area contributed by atoms with E-state index in [-0.39, 0.29) is 5.41 Å². The topological polar surface area (TPSA) is 37.9 Å².